The van der Waals surface area contributed by atoms with Crippen molar-refractivity contribution in [1.29, 1.82) is 0 Å². The van der Waals surface area contributed by atoms with E-state index in [0.717, 1.165) is 29.5 Å². The van der Waals surface area contributed by atoms with Gasteiger partial charge in [0, 0.05) is 17.6 Å². The van der Waals surface area contributed by atoms with Gasteiger partial charge in [-0.2, -0.15) is 0 Å². The molecule has 1 N–H and O–H groups in total. The SMILES string of the molecule is O=C(COC(=O)Cc1ccc(Br)cc1)NC[C@@H]1CCCO1. The van der Waals surface area contributed by atoms with Crippen LogP contribution in [0.25, 0.3) is 0 Å². The second kappa shape index (κ2) is 8.14. The third kappa shape index (κ3) is 5.85. The van der Waals surface area contributed by atoms with Crippen LogP contribution in [-0.2, 0) is 25.5 Å². The molecule has 5 nitrogen and oxygen atoms in total. The van der Waals surface area contributed by atoms with Crippen molar-refractivity contribution in [2.75, 3.05) is 19.8 Å². The fourth-order valence-electron chi connectivity index (χ4n) is 2.05. The van der Waals surface area contributed by atoms with Crippen LogP contribution in [0.3, 0.4) is 0 Å². The van der Waals surface area contributed by atoms with Crippen LogP contribution < -0.4 is 5.32 Å². The molecule has 0 aliphatic carbocycles. The fraction of sp³-hybridized carbons (Fsp3) is 0.467. The van der Waals surface area contributed by atoms with E-state index in [9.17, 15) is 9.59 Å². The van der Waals surface area contributed by atoms with E-state index < -0.39 is 5.97 Å². The normalized spacial score (nSPS) is 17.5. The molecule has 0 unspecified atom stereocenters. The molecule has 1 saturated heterocycles. The molecular formula is C15H18BrNO4. The topological polar surface area (TPSA) is 64.6 Å². The molecule has 114 valence electrons. The second-order valence-corrected chi connectivity index (χ2v) is 5.82. The van der Waals surface area contributed by atoms with Crippen LogP contribution in [0.5, 0.6) is 0 Å². The van der Waals surface area contributed by atoms with Gasteiger partial charge >= 0.3 is 5.97 Å². The molecular weight excluding hydrogens is 338 g/mol. The van der Waals surface area contributed by atoms with Gasteiger partial charge in [0.05, 0.1) is 12.5 Å². The molecule has 1 aliphatic heterocycles. The number of benzene rings is 1. The largest absolute Gasteiger partial charge is 0.455 e. The average Bonchev–Trinajstić information content (AvgIpc) is 2.99. The van der Waals surface area contributed by atoms with Gasteiger partial charge in [-0.3, -0.25) is 9.59 Å². The van der Waals surface area contributed by atoms with Crippen LogP contribution in [0.4, 0.5) is 0 Å². The molecule has 1 atom stereocenters. The van der Waals surface area contributed by atoms with Crippen molar-refractivity contribution in [3.05, 3.63) is 34.3 Å². The molecule has 1 aliphatic rings. The Morgan fingerprint density at radius 2 is 2.10 bits per heavy atom. The maximum absolute atomic E-state index is 11.6. The Morgan fingerprint density at radius 3 is 2.76 bits per heavy atom. The monoisotopic (exact) mass is 355 g/mol. The van der Waals surface area contributed by atoms with E-state index >= 15 is 0 Å². The van der Waals surface area contributed by atoms with Crippen LogP contribution in [0.15, 0.2) is 28.7 Å². The van der Waals surface area contributed by atoms with E-state index in [4.69, 9.17) is 9.47 Å². The lowest BCUT2D eigenvalue weighted by Crippen LogP contribution is -2.35. The van der Waals surface area contributed by atoms with Gasteiger partial charge in [-0.1, -0.05) is 28.1 Å². The van der Waals surface area contributed by atoms with Crippen molar-refractivity contribution in [3.63, 3.8) is 0 Å². The number of carbonyl (C=O) groups excluding carboxylic acids is 2. The predicted molar refractivity (Wildman–Crippen MR) is 80.8 cm³/mol. The molecule has 2 rings (SSSR count). The van der Waals surface area contributed by atoms with Gasteiger partial charge in [0.15, 0.2) is 6.61 Å². The Morgan fingerprint density at radius 1 is 1.33 bits per heavy atom. The Bertz CT molecular complexity index is 483. The molecule has 0 saturated carbocycles. The van der Waals surface area contributed by atoms with Crippen molar-refractivity contribution < 1.29 is 19.1 Å². The highest BCUT2D eigenvalue weighted by Gasteiger charge is 2.16. The first-order chi connectivity index (χ1) is 10.1. The summed E-state index contributed by atoms with van der Waals surface area (Å²) in [5, 5.41) is 2.70. The van der Waals surface area contributed by atoms with Crippen LogP contribution in [0.2, 0.25) is 0 Å². The Kier molecular flexibility index (Phi) is 6.20. The van der Waals surface area contributed by atoms with Crippen LogP contribution >= 0.6 is 15.9 Å². The third-order valence-electron chi connectivity index (χ3n) is 3.18. The zero-order chi connectivity index (χ0) is 15.1. The lowest BCUT2D eigenvalue weighted by Gasteiger charge is -2.11. The summed E-state index contributed by atoms with van der Waals surface area (Å²) in [6.07, 6.45) is 2.24. The Balaban J connectivity index is 1.63. The van der Waals surface area contributed by atoms with Crippen molar-refractivity contribution in [3.8, 4) is 0 Å². The van der Waals surface area contributed by atoms with Gasteiger partial charge in [0.25, 0.3) is 5.91 Å². The minimum atomic E-state index is -0.412. The van der Waals surface area contributed by atoms with E-state index in [0.29, 0.717) is 6.54 Å². The molecule has 1 heterocycles. The maximum atomic E-state index is 11.6. The van der Waals surface area contributed by atoms with Gasteiger partial charge in [-0.05, 0) is 30.5 Å². The zero-order valence-electron chi connectivity index (χ0n) is 11.6. The van der Waals surface area contributed by atoms with Crippen LogP contribution in [0.1, 0.15) is 18.4 Å². The smallest absolute Gasteiger partial charge is 0.310 e. The van der Waals surface area contributed by atoms with E-state index in [1.807, 2.05) is 24.3 Å². The zero-order valence-corrected chi connectivity index (χ0v) is 13.2. The predicted octanol–water partition coefficient (Wildman–Crippen LogP) is 1.83. The van der Waals surface area contributed by atoms with E-state index in [1.54, 1.807) is 0 Å². The Hall–Kier alpha value is -1.40. The summed E-state index contributed by atoms with van der Waals surface area (Å²) in [6.45, 7) is 0.980. The second-order valence-electron chi connectivity index (χ2n) is 4.90. The lowest BCUT2D eigenvalue weighted by atomic mass is 10.2. The molecule has 6 heteroatoms. The highest BCUT2D eigenvalue weighted by Crippen LogP contribution is 2.11. The van der Waals surface area contributed by atoms with Crippen molar-refractivity contribution in [2.24, 2.45) is 0 Å². The first kappa shape index (κ1) is 16.0. The van der Waals surface area contributed by atoms with Crippen LogP contribution in [-0.4, -0.2) is 37.7 Å². The Labute approximate surface area is 132 Å². The number of hydrogen-bond acceptors (Lipinski definition) is 4. The first-order valence-electron chi connectivity index (χ1n) is 6.92. The fourth-order valence-corrected chi connectivity index (χ4v) is 2.31. The molecule has 21 heavy (non-hydrogen) atoms. The van der Waals surface area contributed by atoms with E-state index in [1.165, 1.54) is 0 Å². The molecule has 0 spiro atoms. The summed E-state index contributed by atoms with van der Waals surface area (Å²) < 4.78 is 11.3. The first-order valence-corrected chi connectivity index (χ1v) is 7.71. The number of halogens is 1. The highest BCUT2D eigenvalue weighted by molar-refractivity contribution is 9.10. The summed E-state index contributed by atoms with van der Waals surface area (Å²) in [5.74, 6) is -0.709. The minimum absolute atomic E-state index is 0.0902. The number of nitrogens with one attached hydrogen (secondary N) is 1. The van der Waals surface area contributed by atoms with Gasteiger partial charge in [0.2, 0.25) is 0 Å². The number of amides is 1. The molecule has 0 aromatic heterocycles. The number of rotatable bonds is 6. The van der Waals surface area contributed by atoms with Gasteiger partial charge in [-0.15, -0.1) is 0 Å². The molecule has 1 aromatic rings. The summed E-state index contributed by atoms with van der Waals surface area (Å²) in [7, 11) is 0. The molecule has 1 fully saturated rings. The summed E-state index contributed by atoms with van der Waals surface area (Å²) in [6, 6.07) is 7.39. The van der Waals surface area contributed by atoms with Crippen molar-refractivity contribution >= 4 is 27.8 Å². The number of carbonyl (C=O) groups is 2. The maximum Gasteiger partial charge on any atom is 0.310 e. The third-order valence-corrected chi connectivity index (χ3v) is 3.71. The summed E-state index contributed by atoms with van der Waals surface area (Å²) in [4.78, 5) is 23.2. The molecule has 1 amide bonds. The summed E-state index contributed by atoms with van der Waals surface area (Å²) >= 11 is 3.33. The van der Waals surface area contributed by atoms with Crippen molar-refractivity contribution in [2.45, 2.75) is 25.4 Å². The molecule has 0 bridgehead atoms. The molecule has 1 aromatic carbocycles. The van der Waals surface area contributed by atoms with E-state index in [-0.39, 0.29) is 25.0 Å². The van der Waals surface area contributed by atoms with Crippen LogP contribution in [0, 0.1) is 0 Å². The molecule has 0 radical (unpaired) electrons. The van der Waals surface area contributed by atoms with E-state index in [2.05, 4.69) is 21.2 Å². The average molecular weight is 356 g/mol. The number of ether oxygens (including phenoxy) is 2. The quantitative estimate of drug-likeness (QED) is 0.790. The summed E-state index contributed by atoms with van der Waals surface area (Å²) in [5.41, 5.74) is 0.850. The highest BCUT2D eigenvalue weighted by atomic mass is 79.9. The minimum Gasteiger partial charge on any atom is -0.455 e. The lowest BCUT2D eigenvalue weighted by molar-refractivity contribution is -0.148. The number of esters is 1. The van der Waals surface area contributed by atoms with Gasteiger partial charge in [-0.25, -0.2) is 0 Å². The van der Waals surface area contributed by atoms with Crippen molar-refractivity contribution in [1.82, 2.24) is 5.32 Å². The number of hydrogen-bond donors (Lipinski definition) is 1. The van der Waals surface area contributed by atoms with Gasteiger partial charge in [0.1, 0.15) is 0 Å². The van der Waals surface area contributed by atoms with Gasteiger partial charge < -0.3 is 14.8 Å². The standard InChI is InChI=1S/C15H18BrNO4/c16-12-5-3-11(4-6-12)8-15(19)21-10-14(18)17-9-13-2-1-7-20-13/h3-6,13H,1-2,7-10H2,(H,17,18)/t13-/m0/s1.